The van der Waals surface area contributed by atoms with E-state index >= 15 is 0 Å². The summed E-state index contributed by atoms with van der Waals surface area (Å²) in [6.45, 7) is 1.13. The zero-order valence-electron chi connectivity index (χ0n) is 7.63. The number of piperidine rings is 1. The van der Waals surface area contributed by atoms with Crippen LogP contribution < -0.4 is 0 Å². The van der Waals surface area contributed by atoms with Gasteiger partial charge in [-0.3, -0.25) is 9.69 Å². The van der Waals surface area contributed by atoms with Gasteiger partial charge in [-0.15, -0.1) is 0 Å². The average Bonchev–Trinajstić information content (AvgIpc) is 2.77. The Hall–Kier alpha value is -0.0800. The molecule has 0 aromatic rings. The van der Waals surface area contributed by atoms with Gasteiger partial charge in [-0.05, 0) is 49.6 Å². The van der Waals surface area contributed by atoms with E-state index in [9.17, 15) is 4.79 Å². The van der Waals surface area contributed by atoms with Gasteiger partial charge in [0.1, 0.15) is 0 Å². The van der Waals surface area contributed by atoms with Crippen molar-refractivity contribution in [3.63, 3.8) is 0 Å². The maximum absolute atomic E-state index is 11.5. The van der Waals surface area contributed by atoms with Crippen LogP contribution in [0.4, 0.5) is 0 Å². The van der Waals surface area contributed by atoms with Crippen molar-refractivity contribution < 1.29 is 4.79 Å². The van der Waals surface area contributed by atoms with E-state index in [4.69, 9.17) is 11.6 Å². The first-order chi connectivity index (χ1) is 6.22. The molecular weight excluding hydrogens is 186 g/mol. The molecule has 0 radical (unpaired) electrons. The predicted molar refractivity (Wildman–Crippen MR) is 50.7 cm³/mol. The first-order valence-corrected chi connectivity index (χ1v) is 5.57. The van der Waals surface area contributed by atoms with Crippen LogP contribution in [0.3, 0.4) is 0 Å². The van der Waals surface area contributed by atoms with Gasteiger partial charge in [0.2, 0.25) is 5.24 Å². The second-order valence-corrected chi connectivity index (χ2v) is 5.14. The van der Waals surface area contributed by atoms with Gasteiger partial charge in [0.15, 0.2) is 0 Å². The van der Waals surface area contributed by atoms with Crippen LogP contribution in [-0.4, -0.2) is 28.3 Å². The van der Waals surface area contributed by atoms with Crippen molar-refractivity contribution in [2.45, 2.75) is 43.7 Å². The van der Waals surface area contributed by atoms with E-state index in [0.29, 0.717) is 6.04 Å². The largest absolute Gasteiger partial charge is 0.287 e. The summed E-state index contributed by atoms with van der Waals surface area (Å²) >= 11 is 5.75. The summed E-state index contributed by atoms with van der Waals surface area (Å²) in [5, 5.41) is -0.0978. The summed E-state index contributed by atoms with van der Waals surface area (Å²) in [5.74, 6) is 0.753. The highest BCUT2D eigenvalue weighted by Gasteiger charge is 2.58. The Morgan fingerprint density at radius 2 is 2.15 bits per heavy atom. The van der Waals surface area contributed by atoms with Crippen molar-refractivity contribution >= 4 is 16.8 Å². The van der Waals surface area contributed by atoms with Gasteiger partial charge in [-0.2, -0.15) is 0 Å². The second kappa shape index (κ2) is 2.48. The molecule has 0 aromatic carbocycles. The van der Waals surface area contributed by atoms with Crippen LogP contribution in [0, 0.1) is 5.92 Å². The summed E-state index contributed by atoms with van der Waals surface area (Å²) < 4.78 is 0. The quantitative estimate of drug-likeness (QED) is 0.632. The van der Waals surface area contributed by atoms with E-state index in [-0.39, 0.29) is 10.8 Å². The third-order valence-electron chi connectivity index (χ3n) is 3.95. The zero-order chi connectivity index (χ0) is 9.05. The highest BCUT2D eigenvalue weighted by molar-refractivity contribution is 6.65. The number of hydrogen-bond acceptors (Lipinski definition) is 2. The normalized spacial score (nSPS) is 44.2. The van der Waals surface area contributed by atoms with E-state index in [0.717, 1.165) is 25.3 Å². The molecule has 3 rings (SSSR count). The first kappa shape index (κ1) is 8.25. The van der Waals surface area contributed by atoms with Crippen molar-refractivity contribution in [1.82, 2.24) is 4.90 Å². The topological polar surface area (TPSA) is 20.3 Å². The third kappa shape index (κ3) is 1.02. The first-order valence-electron chi connectivity index (χ1n) is 5.19. The van der Waals surface area contributed by atoms with Gasteiger partial charge in [0.05, 0.1) is 5.54 Å². The molecule has 2 saturated carbocycles. The zero-order valence-corrected chi connectivity index (χ0v) is 8.39. The number of carbonyl (C=O) groups is 1. The molecule has 3 aliphatic rings. The molecule has 72 valence electrons. The average molecular weight is 200 g/mol. The van der Waals surface area contributed by atoms with Crippen LogP contribution in [0.2, 0.25) is 0 Å². The second-order valence-electron chi connectivity index (χ2n) is 4.80. The fraction of sp³-hybridized carbons (Fsp3) is 0.900. The molecule has 2 atom stereocenters. The molecule has 2 bridgehead atoms. The highest BCUT2D eigenvalue weighted by atomic mass is 35.5. The van der Waals surface area contributed by atoms with Crippen LogP contribution >= 0.6 is 11.6 Å². The molecule has 3 heteroatoms. The Bertz CT molecular complexity index is 264. The molecule has 0 amide bonds. The van der Waals surface area contributed by atoms with Crippen molar-refractivity contribution in [3.05, 3.63) is 0 Å². The number of hydrogen-bond donors (Lipinski definition) is 0. The van der Waals surface area contributed by atoms with Crippen LogP contribution in [0.15, 0.2) is 0 Å². The number of rotatable bonds is 2. The number of likely N-dealkylation sites (tertiary alicyclic amines) is 1. The minimum atomic E-state index is -0.229. The van der Waals surface area contributed by atoms with Crippen molar-refractivity contribution in [3.8, 4) is 0 Å². The van der Waals surface area contributed by atoms with Crippen molar-refractivity contribution in [2.24, 2.45) is 5.92 Å². The van der Waals surface area contributed by atoms with Gasteiger partial charge in [-0.1, -0.05) is 0 Å². The maximum Gasteiger partial charge on any atom is 0.241 e. The Kier molecular flexibility index (Phi) is 1.58. The number of fused-ring (bicyclic) bond motifs is 2. The fourth-order valence-electron chi connectivity index (χ4n) is 3.17. The van der Waals surface area contributed by atoms with Crippen molar-refractivity contribution in [2.75, 3.05) is 6.54 Å². The smallest absolute Gasteiger partial charge is 0.241 e. The molecule has 13 heavy (non-hydrogen) atoms. The van der Waals surface area contributed by atoms with E-state index in [2.05, 4.69) is 4.90 Å². The minimum Gasteiger partial charge on any atom is -0.287 e. The lowest BCUT2D eigenvalue weighted by Crippen LogP contribution is -2.50. The fourth-order valence-corrected chi connectivity index (χ4v) is 3.45. The third-order valence-corrected chi connectivity index (χ3v) is 4.30. The monoisotopic (exact) mass is 199 g/mol. The number of halogens is 1. The molecule has 2 aliphatic carbocycles. The Morgan fingerprint density at radius 1 is 1.38 bits per heavy atom. The van der Waals surface area contributed by atoms with Crippen LogP contribution in [0.5, 0.6) is 0 Å². The lowest BCUT2D eigenvalue weighted by atomic mass is 9.98. The van der Waals surface area contributed by atoms with E-state index in [1.54, 1.807) is 0 Å². The van der Waals surface area contributed by atoms with E-state index in [1.165, 1.54) is 19.3 Å². The highest BCUT2D eigenvalue weighted by Crippen LogP contribution is 2.51. The molecule has 1 saturated heterocycles. The van der Waals surface area contributed by atoms with Crippen LogP contribution in [-0.2, 0) is 4.79 Å². The van der Waals surface area contributed by atoms with Crippen LogP contribution in [0.25, 0.3) is 0 Å². The summed E-state index contributed by atoms with van der Waals surface area (Å²) in [5.41, 5.74) is -0.229. The molecule has 0 aromatic heterocycles. The molecule has 2 nitrogen and oxygen atoms in total. The predicted octanol–water partition coefficient (Wildman–Crippen LogP) is 1.77. The molecule has 1 heterocycles. The number of carbonyl (C=O) groups excluding carboxylic acids is 1. The minimum absolute atomic E-state index is 0.0978. The number of nitrogens with zero attached hydrogens (tertiary/aromatic N) is 1. The van der Waals surface area contributed by atoms with Gasteiger partial charge >= 0.3 is 0 Å². The summed E-state index contributed by atoms with van der Waals surface area (Å²) in [4.78, 5) is 13.9. The molecule has 3 fully saturated rings. The van der Waals surface area contributed by atoms with E-state index in [1.807, 2.05) is 0 Å². The van der Waals surface area contributed by atoms with Gasteiger partial charge in [-0.25, -0.2) is 0 Å². The van der Waals surface area contributed by atoms with Crippen molar-refractivity contribution in [1.29, 1.82) is 0 Å². The molecule has 0 unspecified atom stereocenters. The van der Waals surface area contributed by atoms with Gasteiger partial charge in [0.25, 0.3) is 0 Å². The summed E-state index contributed by atoms with van der Waals surface area (Å²) in [7, 11) is 0. The summed E-state index contributed by atoms with van der Waals surface area (Å²) in [6.07, 6.45) is 5.81. The lowest BCUT2D eigenvalue weighted by molar-refractivity contribution is -0.122. The van der Waals surface area contributed by atoms with Gasteiger partial charge < -0.3 is 0 Å². The van der Waals surface area contributed by atoms with Crippen LogP contribution in [0.1, 0.15) is 32.1 Å². The van der Waals surface area contributed by atoms with Gasteiger partial charge in [0, 0.05) is 12.6 Å². The Morgan fingerprint density at radius 3 is 2.69 bits per heavy atom. The molecule has 1 aliphatic heterocycles. The molecular formula is C10H14ClNO. The lowest BCUT2D eigenvalue weighted by Gasteiger charge is -2.35. The molecule has 0 spiro atoms. The standard InChI is InChI=1S/C10H14ClNO/c11-9(13)10-4-3-7(5-10)6-12(10)8-1-2-8/h7-8H,1-6H2/t7-,10-/m0/s1. The molecule has 0 N–H and O–H groups in total. The van der Waals surface area contributed by atoms with E-state index < -0.39 is 0 Å². The SMILES string of the molecule is O=C(Cl)[C@@]12CC[C@H](CN1C1CC1)C2. The summed E-state index contributed by atoms with van der Waals surface area (Å²) in [6, 6.07) is 0.688. The Labute approximate surface area is 83.2 Å². The maximum atomic E-state index is 11.5. The Balaban J connectivity index is 1.92.